The average Bonchev–Trinajstić information content (AvgIpc) is 2.71. The number of hydrogen-bond donors (Lipinski definition) is 0. The maximum absolute atomic E-state index is 12.4. The van der Waals surface area contributed by atoms with Crippen molar-refractivity contribution in [2.45, 2.75) is 12.6 Å². The van der Waals surface area contributed by atoms with Crippen molar-refractivity contribution in [2.24, 2.45) is 0 Å². The zero-order valence-electron chi connectivity index (χ0n) is 7.99. The zero-order valence-corrected chi connectivity index (χ0v) is 8.80. The van der Waals surface area contributed by atoms with Crippen LogP contribution >= 0.6 is 11.3 Å². The number of alkyl halides is 1. The standard InChI is InChI=1S/C10H14FNOS/c11-5-10-7-12(2-3-13-10)6-9-1-4-14-8-9/h1,4,8,10H,2-3,5-7H2/t10-/m0/s1. The fraction of sp³-hybridized carbons (Fsp3) is 0.600. The molecule has 2 heterocycles. The highest BCUT2D eigenvalue weighted by atomic mass is 32.1. The van der Waals surface area contributed by atoms with E-state index in [2.05, 4.69) is 21.7 Å². The van der Waals surface area contributed by atoms with Crippen LogP contribution in [0.25, 0.3) is 0 Å². The maximum Gasteiger partial charge on any atom is 0.117 e. The monoisotopic (exact) mass is 215 g/mol. The van der Waals surface area contributed by atoms with Gasteiger partial charge in [0.2, 0.25) is 0 Å². The Morgan fingerprint density at radius 3 is 3.29 bits per heavy atom. The zero-order chi connectivity index (χ0) is 9.80. The molecule has 0 spiro atoms. The molecule has 1 aliphatic rings. The Kier molecular flexibility index (Phi) is 3.50. The van der Waals surface area contributed by atoms with Crippen LogP contribution in [0.2, 0.25) is 0 Å². The summed E-state index contributed by atoms with van der Waals surface area (Å²) in [5.74, 6) is 0. The van der Waals surface area contributed by atoms with Gasteiger partial charge in [-0.2, -0.15) is 11.3 Å². The third-order valence-electron chi connectivity index (χ3n) is 2.38. The Bertz CT molecular complexity index is 265. The first kappa shape index (κ1) is 10.1. The van der Waals surface area contributed by atoms with Gasteiger partial charge >= 0.3 is 0 Å². The minimum absolute atomic E-state index is 0.220. The number of thiophene rings is 1. The second kappa shape index (κ2) is 4.87. The molecule has 0 aromatic carbocycles. The summed E-state index contributed by atoms with van der Waals surface area (Å²) in [6.07, 6.45) is -0.220. The van der Waals surface area contributed by atoms with E-state index in [-0.39, 0.29) is 12.8 Å². The number of rotatable bonds is 3. The van der Waals surface area contributed by atoms with Crippen molar-refractivity contribution >= 4 is 11.3 Å². The van der Waals surface area contributed by atoms with Gasteiger partial charge in [0.1, 0.15) is 6.67 Å². The van der Waals surface area contributed by atoms with Gasteiger partial charge < -0.3 is 4.74 Å². The molecular weight excluding hydrogens is 201 g/mol. The van der Waals surface area contributed by atoms with Crippen LogP contribution in [-0.2, 0) is 11.3 Å². The van der Waals surface area contributed by atoms with Crippen molar-refractivity contribution in [1.82, 2.24) is 4.90 Å². The van der Waals surface area contributed by atoms with Crippen LogP contribution in [0.4, 0.5) is 4.39 Å². The summed E-state index contributed by atoms with van der Waals surface area (Å²) in [7, 11) is 0. The smallest absolute Gasteiger partial charge is 0.117 e. The summed E-state index contributed by atoms with van der Waals surface area (Å²) in [4.78, 5) is 2.25. The molecule has 0 bridgehead atoms. The lowest BCUT2D eigenvalue weighted by Crippen LogP contribution is -2.42. The number of ether oxygens (including phenoxy) is 1. The molecule has 2 rings (SSSR count). The van der Waals surface area contributed by atoms with Crippen molar-refractivity contribution in [1.29, 1.82) is 0 Å². The number of hydrogen-bond acceptors (Lipinski definition) is 3. The lowest BCUT2D eigenvalue weighted by molar-refractivity contribution is -0.0412. The molecule has 0 radical (unpaired) electrons. The number of nitrogens with zero attached hydrogens (tertiary/aromatic N) is 1. The van der Waals surface area contributed by atoms with Crippen LogP contribution < -0.4 is 0 Å². The summed E-state index contributed by atoms with van der Waals surface area (Å²) >= 11 is 1.70. The average molecular weight is 215 g/mol. The largest absolute Gasteiger partial charge is 0.373 e. The van der Waals surface area contributed by atoms with Gasteiger partial charge in [-0.15, -0.1) is 0 Å². The topological polar surface area (TPSA) is 12.5 Å². The van der Waals surface area contributed by atoms with E-state index in [1.807, 2.05) is 0 Å². The molecule has 1 aromatic rings. The van der Waals surface area contributed by atoms with Gasteiger partial charge in [0, 0.05) is 19.6 Å². The molecule has 78 valence electrons. The molecular formula is C10H14FNOS. The first-order valence-electron chi connectivity index (χ1n) is 4.79. The van der Waals surface area contributed by atoms with Crippen LogP contribution in [0.3, 0.4) is 0 Å². The molecule has 1 aliphatic heterocycles. The van der Waals surface area contributed by atoms with Crippen LogP contribution in [0.1, 0.15) is 5.56 Å². The second-order valence-corrected chi connectivity index (χ2v) is 4.29. The van der Waals surface area contributed by atoms with Crippen LogP contribution in [0, 0.1) is 0 Å². The molecule has 0 unspecified atom stereocenters. The van der Waals surface area contributed by atoms with Crippen LogP contribution in [0.15, 0.2) is 16.8 Å². The van der Waals surface area contributed by atoms with E-state index in [4.69, 9.17) is 4.74 Å². The van der Waals surface area contributed by atoms with Crippen molar-refractivity contribution in [3.63, 3.8) is 0 Å². The molecule has 1 aromatic heterocycles. The van der Waals surface area contributed by atoms with Gasteiger partial charge in [-0.1, -0.05) is 0 Å². The molecule has 1 atom stereocenters. The highest BCUT2D eigenvalue weighted by Gasteiger charge is 2.19. The SMILES string of the molecule is FC[C@H]1CN(Cc2ccsc2)CCO1. The Morgan fingerprint density at radius 2 is 2.57 bits per heavy atom. The van der Waals surface area contributed by atoms with Crippen molar-refractivity contribution < 1.29 is 9.13 Å². The molecule has 0 N–H and O–H groups in total. The molecule has 14 heavy (non-hydrogen) atoms. The fourth-order valence-corrected chi connectivity index (χ4v) is 2.32. The lowest BCUT2D eigenvalue weighted by Gasteiger charge is -2.31. The van der Waals surface area contributed by atoms with Gasteiger partial charge in [0.25, 0.3) is 0 Å². The maximum atomic E-state index is 12.4. The van der Waals surface area contributed by atoms with Gasteiger partial charge in [0.05, 0.1) is 12.7 Å². The minimum Gasteiger partial charge on any atom is -0.373 e. The minimum atomic E-state index is -0.375. The summed E-state index contributed by atoms with van der Waals surface area (Å²) in [5, 5.41) is 4.21. The van der Waals surface area contributed by atoms with Crippen molar-refractivity contribution in [3.05, 3.63) is 22.4 Å². The van der Waals surface area contributed by atoms with Crippen molar-refractivity contribution in [2.75, 3.05) is 26.4 Å². The Morgan fingerprint density at radius 1 is 1.64 bits per heavy atom. The van der Waals surface area contributed by atoms with E-state index < -0.39 is 0 Å². The van der Waals surface area contributed by atoms with Crippen LogP contribution in [0.5, 0.6) is 0 Å². The molecule has 2 nitrogen and oxygen atoms in total. The highest BCUT2D eigenvalue weighted by Crippen LogP contribution is 2.12. The summed E-state index contributed by atoms with van der Waals surface area (Å²) in [6, 6.07) is 2.12. The molecule has 1 fully saturated rings. The Labute approximate surface area is 87.3 Å². The van der Waals surface area contributed by atoms with Gasteiger partial charge in [0.15, 0.2) is 0 Å². The molecule has 1 saturated heterocycles. The third-order valence-corrected chi connectivity index (χ3v) is 3.11. The summed E-state index contributed by atoms with van der Waals surface area (Å²) < 4.78 is 17.6. The van der Waals surface area contributed by atoms with E-state index in [0.717, 1.165) is 13.1 Å². The predicted octanol–water partition coefficient (Wildman–Crippen LogP) is 1.92. The van der Waals surface area contributed by atoms with E-state index in [9.17, 15) is 4.39 Å². The molecule has 0 saturated carbocycles. The van der Waals surface area contributed by atoms with Gasteiger partial charge in [-0.05, 0) is 22.4 Å². The summed E-state index contributed by atoms with van der Waals surface area (Å²) in [5.41, 5.74) is 1.31. The predicted molar refractivity (Wildman–Crippen MR) is 55.3 cm³/mol. The fourth-order valence-electron chi connectivity index (χ4n) is 1.66. The first-order valence-corrected chi connectivity index (χ1v) is 5.74. The quantitative estimate of drug-likeness (QED) is 0.763. The van der Waals surface area contributed by atoms with Gasteiger partial charge in [-0.3, -0.25) is 4.90 Å². The number of halogens is 1. The summed E-state index contributed by atoms with van der Waals surface area (Å²) in [6.45, 7) is 2.82. The van der Waals surface area contributed by atoms with E-state index in [1.165, 1.54) is 5.56 Å². The van der Waals surface area contributed by atoms with Crippen LogP contribution in [-0.4, -0.2) is 37.4 Å². The van der Waals surface area contributed by atoms with E-state index >= 15 is 0 Å². The second-order valence-electron chi connectivity index (χ2n) is 3.51. The Hall–Kier alpha value is -0.450. The van der Waals surface area contributed by atoms with Gasteiger partial charge in [-0.25, -0.2) is 4.39 Å². The molecule has 4 heteroatoms. The first-order chi connectivity index (χ1) is 6.88. The molecule has 0 amide bonds. The normalized spacial score (nSPS) is 23.9. The van der Waals surface area contributed by atoms with E-state index in [0.29, 0.717) is 13.2 Å². The lowest BCUT2D eigenvalue weighted by atomic mass is 10.2. The van der Waals surface area contributed by atoms with Crippen molar-refractivity contribution in [3.8, 4) is 0 Å². The molecule has 0 aliphatic carbocycles. The Balaban J connectivity index is 1.86. The third kappa shape index (κ3) is 2.53. The highest BCUT2D eigenvalue weighted by molar-refractivity contribution is 7.07. The number of morpholine rings is 1. The van der Waals surface area contributed by atoms with E-state index in [1.54, 1.807) is 11.3 Å².